The van der Waals surface area contributed by atoms with Crippen LogP contribution in [0.4, 0.5) is 0 Å². The van der Waals surface area contributed by atoms with Gasteiger partial charge in [-0.15, -0.1) is 0 Å². The maximum Gasteiger partial charge on any atom is 0.186 e. The summed E-state index contributed by atoms with van der Waals surface area (Å²) in [5.41, 5.74) is 4.71. The first kappa shape index (κ1) is 18.1. The molecule has 0 bridgehead atoms. The Kier molecular flexibility index (Phi) is 5.77. The van der Waals surface area contributed by atoms with Crippen molar-refractivity contribution in [3.63, 3.8) is 0 Å². The van der Waals surface area contributed by atoms with Gasteiger partial charge in [-0.1, -0.05) is 90.5 Å². The smallest absolute Gasteiger partial charge is 0.186 e. The molecule has 0 radical (unpaired) electrons. The summed E-state index contributed by atoms with van der Waals surface area (Å²) in [6.07, 6.45) is 3.38. The zero-order valence-electron chi connectivity index (χ0n) is 15.1. The zero-order valence-corrected chi connectivity index (χ0v) is 15.1. The molecule has 0 unspecified atom stereocenters. The van der Waals surface area contributed by atoms with E-state index in [1.54, 1.807) is 24.3 Å². The standard InChI is InChI=1S/C25H19NO/c1-19-12-14-21(15-13-19)23(17-25(27)22-10-6-3-7-11-22)16-24(18-26)20-8-4-2-5-9-20/h2-17H,1H3/b23-17-,24-16+. The second kappa shape index (κ2) is 8.60. The molecule has 130 valence electrons. The molecule has 0 aromatic heterocycles. The van der Waals surface area contributed by atoms with E-state index in [-0.39, 0.29) is 5.78 Å². The predicted molar refractivity (Wildman–Crippen MR) is 110 cm³/mol. The van der Waals surface area contributed by atoms with Gasteiger partial charge >= 0.3 is 0 Å². The summed E-state index contributed by atoms with van der Waals surface area (Å²) >= 11 is 0. The van der Waals surface area contributed by atoms with Gasteiger partial charge in [0.05, 0.1) is 11.6 Å². The molecule has 0 atom stereocenters. The molecule has 2 nitrogen and oxygen atoms in total. The molecule has 0 heterocycles. The number of rotatable bonds is 5. The van der Waals surface area contributed by atoms with Crippen molar-refractivity contribution < 1.29 is 4.79 Å². The molecule has 0 amide bonds. The van der Waals surface area contributed by atoms with Crippen LogP contribution in [0.5, 0.6) is 0 Å². The van der Waals surface area contributed by atoms with Crippen LogP contribution in [0.1, 0.15) is 27.0 Å². The number of ketones is 1. The van der Waals surface area contributed by atoms with E-state index in [4.69, 9.17) is 0 Å². The normalized spacial score (nSPS) is 11.7. The van der Waals surface area contributed by atoms with E-state index < -0.39 is 0 Å². The summed E-state index contributed by atoms with van der Waals surface area (Å²) in [4.78, 5) is 12.7. The maximum absolute atomic E-state index is 12.7. The van der Waals surface area contributed by atoms with Crippen molar-refractivity contribution in [3.05, 3.63) is 119 Å². The molecule has 2 heteroatoms. The van der Waals surface area contributed by atoms with Gasteiger partial charge < -0.3 is 0 Å². The lowest BCUT2D eigenvalue weighted by Gasteiger charge is -2.06. The van der Waals surface area contributed by atoms with Crippen LogP contribution in [0.25, 0.3) is 11.1 Å². The minimum atomic E-state index is -0.0900. The third-order valence-electron chi connectivity index (χ3n) is 4.23. The van der Waals surface area contributed by atoms with Gasteiger partial charge in [-0.3, -0.25) is 4.79 Å². The summed E-state index contributed by atoms with van der Waals surface area (Å²) in [7, 11) is 0. The van der Waals surface area contributed by atoms with Crippen molar-refractivity contribution in [2.45, 2.75) is 6.92 Å². The van der Waals surface area contributed by atoms with Crippen LogP contribution in [0, 0.1) is 18.3 Å². The Balaban J connectivity index is 2.09. The van der Waals surface area contributed by atoms with Crippen molar-refractivity contribution in [1.82, 2.24) is 0 Å². The van der Waals surface area contributed by atoms with Crippen molar-refractivity contribution in [2.75, 3.05) is 0 Å². The van der Waals surface area contributed by atoms with Crippen molar-refractivity contribution in [3.8, 4) is 6.07 Å². The highest BCUT2D eigenvalue weighted by Crippen LogP contribution is 2.23. The minimum absolute atomic E-state index is 0.0900. The van der Waals surface area contributed by atoms with Crippen molar-refractivity contribution in [2.24, 2.45) is 0 Å². The average Bonchev–Trinajstić information content (AvgIpc) is 2.73. The van der Waals surface area contributed by atoms with Crippen LogP contribution in [-0.4, -0.2) is 5.78 Å². The number of benzene rings is 3. The van der Waals surface area contributed by atoms with Gasteiger partial charge in [0, 0.05) is 5.56 Å². The molecule has 0 spiro atoms. The highest BCUT2D eigenvalue weighted by molar-refractivity contribution is 6.10. The lowest BCUT2D eigenvalue weighted by Crippen LogP contribution is -1.96. The van der Waals surface area contributed by atoms with E-state index in [9.17, 15) is 10.1 Å². The van der Waals surface area contributed by atoms with Gasteiger partial charge in [-0.25, -0.2) is 0 Å². The molecule has 0 fully saturated rings. The molecule has 0 N–H and O–H groups in total. The Hall–Kier alpha value is -3.70. The Morgan fingerprint density at radius 3 is 1.85 bits per heavy atom. The first-order valence-corrected chi connectivity index (χ1v) is 8.73. The fourth-order valence-corrected chi connectivity index (χ4v) is 2.73. The summed E-state index contributed by atoms with van der Waals surface area (Å²) in [6.45, 7) is 2.02. The Morgan fingerprint density at radius 2 is 1.30 bits per heavy atom. The number of carbonyl (C=O) groups is 1. The van der Waals surface area contributed by atoms with Gasteiger partial charge in [0.25, 0.3) is 0 Å². The quantitative estimate of drug-likeness (QED) is 0.250. The number of carbonyl (C=O) groups excluding carboxylic acids is 1. The molecule has 0 aliphatic rings. The number of nitriles is 1. The fourth-order valence-electron chi connectivity index (χ4n) is 2.73. The van der Waals surface area contributed by atoms with Crippen molar-refractivity contribution in [1.29, 1.82) is 5.26 Å². The topological polar surface area (TPSA) is 40.9 Å². The van der Waals surface area contributed by atoms with Crippen LogP contribution in [0.3, 0.4) is 0 Å². The summed E-state index contributed by atoms with van der Waals surface area (Å²) in [5.74, 6) is -0.0900. The Morgan fingerprint density at radius 1 is 0.741 bits per heavy atom. The van der Waals surface area contributed by atoms with Crippen LogP contribution < -0.4 is 0 Å². The van der Waals surface area contributed by atoms with Crippen LogP contribution in [0.15, 0.2) is 97.1 Å². The molecule has 0 saturated heterocycles. The maximum atomic E-state index is 12.7. The first-order chi connectivity index (χ1) is 13.2. The zero-order chi connectivity index (χ0) is 19.1. The minimum Gasteiger partial charge on any atom is -0.289 e. The molecule has 0 saturated carbocycles. The molecule has 3 aromatic carbocycles. The number of aryl methyl sites for hydroxylation is 1. The number of allylic oxidation sites excluding steroid dienone is 4. The summed E-state index contributed by atoms with van der Waals surface area (Å²) in [5, 5.41) is 9.64. The lowest BCUT2D eigenvalue weighted by atomic mass is 9.97. The predicted octanol–water partition coefficient (Wildman–Crippen LogP) is 5.87. The summed E-state index contributed by atoms with van der Waals surface area (Å²) in [6, 6.07) is 28.8. The highest BCUT2D eigenvalue weighted by Gasteiger charge is 2.08. The first-order valence-electron chi connectivity index (χ1n) is 8.73. The number of hydrogen-bond acceptors (Lipinski definition) is 2. The van der Waals surface area contributed by atoms with E-state index in [0.717, 1.165) is 16.7 Å². The van der Waals surface area contributed by atoms with Gasteiger partial charge in [0.15, 0.2) is 5.78 Å². The number of nitrogens with zero attached hydrogens (tertiary/aromatic N) is 1. The van der Waals surface area contributed by atoms with Crippen LogP contribution >= 0.6 is 0 Å². The monoisotopic (exact) mass is 349 g/mol. The second-order valence-corrected chi connectivity index (χ2v) is 6.23. The van der Waals surface area contributed by atoms with E-state index >= 15 is 0 Å². The molecule has 0 aliphatic heterocycles. The van der Waals surface area contributed by atoms with Crippen LogP contribution in [0.2, 0.25) is 0 Å². The second-order valence-electron chi connectivity index (χ2n) is 6.23. The van der Waals surface area contributed by atoms with E-state index in [1.807, 2.05) is 79.7 Å². The Bertz CT molecular complexity index is 1020. The molecular formula is C25H19NO. The fraction of sp³-hybridized carbons (Fsp3) is 0.0400. The largest absolute Gasteiger partial charge is 0.289 e. The molecule has 3 rings (SSSR count). The SMILES string of the molecule is Cc1ccc(C(/C=C(\C#N)c2ccccc2)=C\C(=O)c2ccccc2)cc1. The van der Waals surface area contributed by atoms with E-state index in [1.165, 1.54) is 0 Å². The van der Waals surface area contributed by atoms with Gasteiger partial charge in [-0.05, 0) is 35.8 Å². The van der Waals surface area contributed by atoms with Crippen LogP contribution in [-0.2, 0) is 0 Å². The summed E-state index contributed by atoms with van der Waals surface area (Å²) < 4.78 is 0. The molecule has 27 heavy (non-hydrogen) atoms. The lowest BCUT2D eigenvalue weighted by molar-refractivity contribution is 0.104. The Labute approximate surface area is 159 Å². The molecule has 3 aromatic rings. The third kappa shape index (κ3) is 4.68. The van der Waals surface area contributed by atoms with Gasteiger partial charge in [-0.2, -0.15) is 5.26 Å². The van der Waals surface area contributed by atoms with Gasteiger partial charge in [0.1, 0.15) is 0 Å². The molecule has 0 aliphatic carbocycles. The molecular weight excluding hydrogens is 330 g/mol. The van der Waals surface area contributed by atoms with E-state index in [2.05, 4.69) is 6.07 Å². The average molecular weight is 349 g/mol. The number of hydrogen-bond donors (Lipinski definition) is 0. The third-order valence-corrected chi connectivity index (χ3v) is 4.23. The van der Waals surface area contributed by atoms with Gasteiger partial charge in [0.2, 0.25) is 0 Å². The van der Waals surface area contributed by atoms with Crippen molar-refractivity contribution >= 4 is 16.9 Å². The van der Waals surface area contributed by atoms with E-state index in [0.29, 0.717) is 16.7 Å². The highest BCUT2D eigenvalue weighted by atomic mass is 16.1.